The van der Waals surface area contributed by atoms with Gasteiger partial charge < -0.3 is 19.6 Å². The van der Waals surface area contributed by atoms with Crippen molar-refractivity contribution < 1.29 is 14.6 Å². The summed E-state index contributed by atoms with van der Waals surface area (Å²) in [4.78, 5) is 20.9. The van der Waals surface area contributed by atoms with E-state index in [0.717, 1.165) is 18.8 Å². The van der Waals surface area contributed by atoms with Gasteiger partial charge in [-0.3, -0.25) is 4.79 Å². The van der Waals surface area contributed by atoms with Crippen molar-refractivity contribution in [2.24, 2.45) is 11.8 Å². The number of hydrogen-bond acceptors (Lipinski definition) is 5. The first kappa shape index (κ1) is 17.8. The van der Waals surface area contributed by atoms with Gasteiger partial charge in [-0.1, -0.05) is 6.07 Å². The van der Waals surface area contributed by atoms with Crippen molar-refractivity contribution in [1.82, 2.24) is 14.8 Å². The second kappa shape index (κ2) is 8.38. The molecule has 1 saturated heterocycles. The molecule has 2 heterocycles. The summed E-state index contributed by atoms with van der Waals surface area (Å²) in [5, 5.41) is 9.64. The highest BCUT2D eigenvalue weighted by Gasteiger charge is 2.35. The van der Waals surface area contributed by atoms with Crippen molar-refractivity contribution in [2.45, 2.75) is 6.92 Å². The first-order valence-corrected chi connectivity index (χ1v) is 8.06. The molecule has 1 aliphatic rings. The third-order valence-electron chi connectivity index (χ3n) is 4.43. The van der Waals surface area contributed by atoms with Crippen LogP contribution in [0.1, 0.15) is 16.2 Å². The number of carbonyl (C=O) groups is 1. The first-order chi connectivity index (χ1) is 11.0. The number of hydrogen-bond donors (Lipinski definition) is 1. The van der Waals surface area contributed by atoms with E-state index in [4.69, 9.17) is 4.74 Å². The Morgan fingerprint density at radius 3 is 2.83 bits per heavy atom. The molecule has 6 nitrogen and oxygen atoms in total. The lowest BCUT2D eigenvalue weighted by atomic mass is 9.96. The van der Waals surface area contributed by atoms with E-state index in [-0.39, 0.29) is 24.3 Å². The fourth-order valence-corrected chi connectivity index (χ4v) is 3.08. The van der Waals surface area contributed by atoms with Gasteiger partial charge in [-0.2, -0.15) is 0 Å². The summed E-state index contributed by atoms with van der Waals surface area (Å²) in [5.41, 5.74) is 1.32. The van der Waals surface area contributed by atoms with E-state index in [1.165, 1.54) is 0 Å². The molecule has 1 aromatic rings. The maximum atomic E-state index is 12.6. The highest BCUT2D eigenvalue weighted by molar-refractivity contribution is 5.92. The summed E-state index contributed by atoms with van der Waals surface area (Å²) in [6, 6.07) is 5.48. The van der Waals surface area contributed by atoms with Crippen LogP contribution in [0.4, 0.5) is 0 Å². The van der Waals surface area contributed by atoms with Crippen molar-refractivity contribution >= 4 is 5.91 Å². The van der Waals surface area contributed by atoms with Crippen LogP contribution in [0.15, 0.2) is 18.2 Å². The SMILES string of the molecule is COCCN(C)C[C@@H]1CN(C(=O)c2cccc(C)n2)C[C@@H]1CO. The standard InChI is InChI=1S/C17H27N3O3/c1-13-5-4-6-16(18-13)17(22)20-10-14(15(11-20)12-21)9-19(2)7-8-23-3/h4-6,14-15,21H,7-12H2,1-3H3/t14-,15-/m1/s1. The van der Waals surface area contributed by atoms with Crippen LogP contribution in [-0.4, -0.2) is 79.3 Å². The van der Waals surface area contributed by atoms with Crippen LogP contribution in [0.5, 0.6) is 0 Å². The van der Waals surface area contributed by atoms with E-state index in [0.29, 0.717) is 25.4 Å². The fourth-order valence-electron chi connectivity index (χ4n) is 3.08. The number of carbonyl (C=O) groups excluding carboxylic acids is 1. The van der Waals surface area contributed by atoms with E-state index < -0.39 is 0 Å². The molecule has 2 atom stereocenters. The number of nitrogens with zero attached hydrogens (tertiary/aromatic N) is 3. The number of aliphatic hydroxyl groups excluding tert-OH is 1. The van der Waals surface area contributed by atoms with Crippen molar-refractivity contribution in [3.8, 4) is 0 Å². The molecule has 0 saturated carbocycles. The van der Waals surface area contributed by atoms with E-state index in [1.807, 2.05) is 31.0 Å². The van der Waals surface area contributed by atoms with Gasteiger partial charge in [0.1, 0.15) is 5.69 Å². The zero-order chi connectivity index (χ0) is 16.8. The lowest BCUT2D eigenvalue weighted by molar-refractivity contribution is 0.0772. The quantitative estimate of drug-likeness (QED) is 0.799. The molecule has 128 valence electrons. The van der Waals surface area contributed by atoms with Gasteiger partial charge >= 0.3 is 0 Å². The van der Waals surface area contributed by atoms with Gasteiger partial charge in [0.15, 0.2) is 0 Å². The van der Waals surface area contributed by atoms with Gasteiger partial charge in [-0.25, -0.2) is 4.98 Å². The average molecular weight is 321 g/mol. The van der Waals surface area contributed by atoms with Crippen molar-refractivity contribution in [3.63, 3.8) is 0 Å². The maximum Gasteiger partial charge on any atom is 0.272 e. The molecule has 1 amide bonds. The Morgan fingerprint density at radius 1 is 1.43 bits per heavy atom. The minimum atomic E-state index is -0.0470. The summed E-state index contributed by atoms with van der Waals surface area (Å²) >= 11 is 0. The number of aryl methyl sites for hydroxylation is 1. The minimum absolute atomic E-state index is 0.0470. The topological polar surface area (TPSA) is 65.9 Å². The fraction of sp³-hybridized carbons (Fsp3) is 0.647. The maximum absolute atomic E-state index is 12.6. The number of aromatic nitrogens is 1. The summed E-state index contributed by atoms with van der Waals surface area (Å²) in [6.07, 6.45) is 0. The zero-order valence-electron chi connectivity index (χ0n) is 14.2. The Balaban J connectivity index is 1.99. The normalized spacial score (nSPS) is 21.2. The Kier molecular flexibility index (Phi) is 6.50. The monoisotopic (exact) mass is 321 g/mol. The van der Waals surface area contributed by atoms with Crippen LogP contribution >= 0.6 is 0 Å². The molecular formula is C17H27N3O3. The lowest BCUT2D eigenvalue weighted by Crippen LogP contribution is -2.34. The summed E-state index contributed by atoms with van der Waals surface area (Å²) in [5.74, 6) is 0.346. The van der Waals surface area contributed by atoms with Gasteiger partial charge in [0, 0.05) is 51.5 Å². The number of methoxy groups -OCH3 is 1. The molecule has 1 aromatic heterocycles. The molecular weight excluding hydrogens is 294 g/mol. The van der Waals surface area contributed by atoms with Crippen molar-refractivity contribution in [1.29, 1.82) is 0 Å². The van der Waals surface area contributed by atoms with Crippen LogP contribution in [0, 0.1) is 18.8 Å². The van der Waals surface area contributed by atoms with Crippen molar-refractivity contribution in [2.75, 3.05) is 53.6 Å². The van der Waals surface area contributed by atoms with E-state index in [1.54, 1.807) is 13.2 Å². The number of rotatable bonds is 7. The van der Waals surface area contributed by atoms with Crippen LogP contribution in [-0.2, 0) is 4.74 Å². The molecule has 0 aliphatic carbocycles. The molecule has 0 aromatic carbocycles. The van der Waals surface area contributed by atoms with Crippen LogP contribution < -0.4 is 0 Å². The minimum Gasteiger partial charge on any atom is -0.396 e. The van der Waals surface area contributed by atoms with Crippen LogP contribution in [0.25, 0.3) is 0 Å². The zero-order valence-corrected chi connectivity index (χ0v) is 14.2. The average Bonchev–Trinajstić information content (AvgIpc) is 2.95. The summed E-state index contributed by atoms with van der Waals surface area (Å²) < 4.78 is 5.09. The predicted molar refractivity (Wildman–Crippen MR) is 88.3 cm³/mol. The molecule has 2 rings (SSSR count). The number of ether oxygens (including phenoxy) is 1. The number of pyridine rings is 1. The molecule has 6 heteroatoms. The van der Waals surface area contributed by atoms with Crippen molar-refractivity contribution in [3.05, 3.63) is 29.6 Å². The van der Waals surface area contributed by atoms with E-state index >= 15 is 0 Å². The summed E-state index contributed by atoms with van der Waals surface area (Å²) in [7, 11) is 3.73. The Bertz CT molecular complexity index is 524. The highest BCUT2D eigenvalue weighted by atomic mass is 16.5. The molecule has 0 bridgehead atoms. The third-order valence-corrected chi connectivity index (χ3v) is 4.43. The van der Waals surface area contributed by atoms with E-state index in [2.05, 4.69) is 9.88 Å². The Morgan fingerprint density at radius 2 is 2.17 bits per heavy atom. The smallest absolute Gasteiger partial charge is 0.272 e. The summed E-state index contributed by atoms with van der Waals surface area (Å²) in [6.45, 7) is 5.62. The number of amides is 1. The second-order valence-corrected chi connectivity index (χ2v) is 6.33. The molecule has 0 radical (unpaired) electrons. The highest BCUT2D eigenvalue weighted by Crippen LogP contribution is 2.25. The van der Waals surface area contributed by atoms with Gasteiger partial charge in [-0.15, -0.1) is 0 Å². The van der Waals surface area contributed by atoms with Gasteiger partial charge in [-0.05, 0) is 32.0 Å². The Labute approximate surface area is 138 Å². The molecule has 1 fully saturated rings. The second-order valence-electron chi connectivity index (χ2n) is 6.33. The number of aliphatic hydroxyl groups is 1. The van der Waals surface area contributed by atoms with Crippen LogP contribution in [0.3, 0.4) is 0 Å². The number of likely N-dealkylation sites (tertiary alicyclic amines) is 1. The largest absolute Gasteiger partial charge is 0.396 e. The van der Waals surface area contributed by atoms with Crippen LogP contribution in [0.2, 0.25) is 0 Å². The number of likely N-dealkylation sites (N-methyl/N-ethyl adjacent to an activating group) is 1. The Hall–Kier alpha value is -1.50. The van der Waals surface area contributed by atoms with Gasteiger partial charge in [0.2, 0.25) is 0 Å². The van der Waals surface area contributed by atoms with Gasteiger partial charge in [0.25, 0.3) is 5.91 Å². The third kappa shape index (κ3) is 4.73. The first-order valence-electron chi connectivity index (χ1n) is 8.06. The molecule has 1 N–H and O–H groups in total. The lowest BCUT2D eigenvalue weighted by Gasteiger charge is -2.23. The predicted octanol–water partition coefficient (Wildman–Crippen LogP) is 0.649. The molecule has 1 aliphatic heterocycles. The van der Waals surface area contributed by atoms with Gasteiger partial charge in [0.05, 0.1) is 6.61 Å². The molecule has 0 spiro atoms. The molecule has 0 unspecified atom stereocenters. The van der Waals surface area contributed by atoms with E-state index in [9.17, 15) is 9.90 Å². The molecule has 23 heavy (non-hydrogen) atoms.